The van der Waals surface area contributed by atoms with E-state index in [0.717, 1.165) is 52.8 Å². The summed E-state index contributed by atoms with van der Waals surface area (Å²) in [7, 11) is 4.07. The molecule has 2 aliphatic rings. The van der Waals surface area contributed by atoms with Gasteiger partial charge in [-0.25, -0.2) is 9.48 Å². The summed E-state index contributed by atoms with van der Waals surface area (Å²) in [5.74, 6) is 0.0852. The van der Waals surface area contributed by atoms with Crippen LogP contribution in [0.1, 0.15) is 35.6 Å². The van der Waals surface area contributed by atoms with Gasteiger partial charge in [0.2, 0.25) is 5.91 Å². The minimum absolute atomic E-state index is 0.132. The lowest BCUT2D eigenvalue weighted by Gasteiger charge is -2.38. The molecular weight excluding hydrogens is 633 g/mol. The Bertz CT molecular complexity index is 1980. The molecule has 0 saturated carbocycles. The number of hydrogen-bond acceptors (Lipinski definition) is 5. The maximum atomic E-state index is 14.6. The number of hydrogen-bond donors (Lipinski definition) is 2. The number of carbonyl (C=O) groups is 2. The molecule has 1 fully saturated rings. The van der Waals surface area contributed by atoms with E-state index in [0.29, 0.717) is 44.4 Å². The van der Waals surface area contributed by atoms with Crippen LogP contribution >= 0.6 is 0 Å². The van der Waals surface area contributed by atoms with E-state index in [1.165, 1.54) is 6.07 Å². The molecule has 2 N–H and O–H groups in total. The van der Waals surface area contributed by atoms with Crippen LogP contribution in [0.15, 0.2) is 72.9 Å². The topological polar surface area (TPSA) is 102 Å². The van der Waals surface area contributed by atoms with Crippen molar-refractivity contribution in [1.29, 1.82) is 0 Å². The van der Waals surface area contributed by atoms with Gasteiger partial charge in [0, 0.05) is 55.4 Å². The van der Waals surface area contributed by atoms with Crippen LogP contribution in [0.2, 0.25) is 0 Å². The van der Waals surface area contributed by atoms with Crippen LogP contribution in [-0.4, -0.2) is 88.0 Å². The van der Waals surface area contributed by atoms with Crippen molar-refractivity contribution in [3.05, 3.63) is 89.6 Å². The van der Waals surface area contributed by atoms with Crippen molar-refractivity contribution in [2.75, 3.05) is 45.2 Å². The van der Waals surface area contributed by atoms with Crippen LogP contribution in [0.25, 0.3) is 21.9 Å². The van der Waals surface area contributed by atoms with Crippen molar-refractivity contribution in [1.82, 2.24) is 35.1 Å². The Balaban J connectivity index is 1.10. The highest BCUT2D eigenvalue weighted by atomic mass is 19.4. The molecule has 49 heavy (non-hydrogen) atoms. The van der Waals surface area contributed by atoms with Gasteiger partial charge in [0.05, 0.1) is 17.1 Å². The summed E-state index contributed by atoms with van der Waals surface area (Å²) >= 11 is 0. The van der Waals surface area contributed by atoms with E-state index in [2.05, 4.69) is 31.6 Å². The molecule has 0 spiro atoms. The van der Waals surface area contributed by atoms with E-state index >= 15 is 0 Å². The Kier molecular flexibility index (Phi) is 8.78. The molecule has 1 saturated heterocycles. The number of anilines is 1. The number of nitrogens with one attached hydrogen (secondary N) is 2. The number of para-hydroxylation sites is 2. The van der Waals surface area contributed by atoms with Crippen molar-refractivity contribution in [3.63, 3.8) is 0 Å². The van der Waals surface area contributed by atoms with Gasteiger partial charge in [-0.15, -0.1) is 5.10 Å². The van der Waals surface area contributed by atoms with Crippen LogP contribution in [0.5, 0.6) is 0 Å². The van der Waals surface area contributed by atoms with Gasteiger partial charge in [0.25, 0.3) is 0 Å². The normalized spacial score (nSPS) is 17.9. The second kappa shape index (κ2) is 13.2. The van der Waals surface area contributed by atoms with E-state index < -0.39 is 17.8 Å². The smallest absolute Gasteiger partial charge is 0.361 e. The van der Waals surface area contributed by atoms with E-state index in [4.69, 9.17) is 0 Å². The number of H-pyrrole nitrogens is 1. The van der Waals surface area contributed by atoms with Gasteiger partial charge >= 0.3 is 12.2 Å². The number of likely N-dealkylation sites (tertiary alicyclic amines) is 1. The van der Waals surface area contributed by atoms with Crippen molar-refractivity contribution >= 4 is 39.6 Å². The molecule has 0 aliphatic carbocycles. The van der Waals surface area contributed by atoms with E-state index in [-0.39, 0.29) is 29.4 Å². The van der Waals surface area contributed by atoms with Crippen LogP contribution in [0.3, 0.4) is 0 Å². The van der Waals surface area contributed by atoms with Gasteiger partial charge in [0.15, 0.2) is 0 Å². The molecule has 4 heterocycles. The quantitative estimate of drug-likeness (QED) is 0.233. The maximum absolute atomic E-state index is 14.6. The summed E-state index contributed by atoms with van der Waals surface area (Å²) in [5, 5.41) is 12.3. The highest BCUT2D eigenvalue weighted by Gasteiger charge is 2.36. The van der Waals surface area contributed by atoms with Crippen molar-refractivity contribution in [2.45, 2.75) is 43.9 Å². The number of amides is 3. The minimum atomic E-state index is -4.46. The first-order chi connectivity index (χ1) is 23.5. The number of piperidine rings is 1. The molecule has 3 aromatic carbocycles. The van der Waals surface area contributed by atoms with Gasteiger partial charge in [-0.1, -0.05) is 41.6 Å². The molecule has 256 valence electrons. The molecule has 2 aromatic heterocycles. The van der Waals surface area contributed by atoms with Crippen LogP contribution < -0.4 is 10.2 Å². The lowest BCUT2D eigenvalue weighted by atomic mass is 9.91. The van der Waals surface area contributed by atoms with Gasteiger partial charge < -0.3 is 25.0 Å². The monoisotopic (exact) mass is 672 g/mol. The summed E-state index contributed by atoms with van der Waals surface area (Å²) < 4.78 is 41.3. The predicted octanol–water partition coefficient (Wildman–Crippen LogP) is 5.66. The standard InChI is InChI=1S/C36H39F3N8O2/c1-44(2)21-23-17-24-7-3-6-10-32(24)46(22-23)34(48)31(18-25-20-40-29-9-5-4-8-28(25)29)41-35(49)45-15-13-27(14-16-45)47-33-12-11-26(36(37,38)39)19-30(33)42-43-47/h3-12,19-20,23,27,31,40H,13-18,21-22H2,1-2H3,(H,41,49)/t23?,31-/m1/s1. The van der Waals surface area contributed by atoms with Crippen LogP contribution in [0, 0.1) is 5.92 Å². The van der Waals surface area contributed by atoms with Gasteiger partial charge in [0.1, 0.15) is 11.6 Å². The van der Waals surface area contributed by atoms with Crippen LogP contribution in [0.4, 0.5) is 23.7 Å². The number of aromatic amines is 1. The molecule has 3 amide bonds. The Hall–Kier alpha value is -4.91. The molecule has 0 bridgehead atoms. The molecule has 2 aliphatic heterocycles. The largest absolute Gasteiger partial charge is 0.416 e. The first kappa shape index (κ1) is 32.6. The Morgan fingerprint density at radius 2 is 1.80 bits per heavy atom. The predicted molar refractivity (Wildman–Crippen MR) is 181 cm³/mol. The second-order valence-corrected chi connectivity index (χ2v) is 13.4. The Morgan fingerprint density at radius 3 is 2.57 bits per heavy atom. The number of aromatic nitrogens is 4. The van der Waals surface area contributed by atoms with Crippen molar-refractivity contribution in [3.8, 4) is 0 Å². The lowest BCUT2D eigenvalue weighted by Crippen LogP contribution is -2.56. The SMILES string of the molecule is CN(C)CC1Cc2ccccc2N(C(=O)[C@@H](Cc2c[nH]c3ccccc23)NC(=O)N2CCC(n3nnc4cc(C(F)(F)F)ccc43)CC2)C1. The zero-order valence-corrected chi connectivity index (χ0v) is 27.5. The molecule has 2 atom stereocenters. The fourth-order valence-corrected chi connectivity index (χ4v) is 7.38. The van der Waals surface area contributed by atoms with Crippen LogP contribution in [-0.2, 0) is 23.8 Å². The lowest BCUT2D eigenvalue weighted by molar-refractivity contribution is -0.137. The highest BCUT2D eigenvalue weighted by molar-refractivity contribution is 6.00. The second-order valence-electron chi connectivity index (χ2n) is 13.4. The van der Waals surface area contributed by atoms with E-state index in [1.54, 1.807) is 9.58 Å². The molecule has 0 radical (unpaired) electrons. The number of benzene rings is 3. The molecule has 1 unspecified atom stereocenters. The fraction of sp³-hybridized carbons (Fsp3) is 0.389. The number of carbonyl (C=O) groups excluding carboxylic acids is 2. The third-order valence-corrected chi connectivity index (χ3v) is 9.71. The molecular formula is C36H39F3N8O2. The van der Waals surface area contributed by atoms with E-state index in [9.17, 15) is 22.8 Å². The number of halogens is 3. The zero-order valence-electron chi connectivity index (χ0n) is 27.5. The third-order valence-electron chi connectivity index (χ3n) is 9.71. The summed E-state index contributed by atoms with van der Waals surface area (Å²) in [4.78, 5) is 37.4. The molecule has 10 nitrogen and oxygen atoms in total. The van der Waals surface area contributed by atoms with Gasteiger partial charge in [-0.3, -0.25) is 4.79 Å². The summed E-state index contributed by atoms with van der Waals surface area (Å²) in [6, 6.07) is 18.1. The maximum Gasteiger partial charge on any atom is 0.416 e. The van der Waals surface area contributed by atoms with Crippen molar-refractivity contribution < 1.29 is 22.8 Å². The number of rotatable bonds is 7. The summed E-state index contributed by atoms with van der Waals surface area (Å²) in [6.07, 6.45) is -0.291. The van der Waals surface area contributed by atoms with Gasteiger partial charge in [-0.05, 0) is 80.7 Å². The molecule has 7 rings (SSSR count). The minimum Gasteiger partial charge on any atom is -0.361 e. The molecule has 13 heteroatoms. The summed E-state index contributed by atoms with van der Waals surface area (Å²) in [6.45, 7) is 2.17. The Labute approximate surface area is 281 Å². The average Bonchev–Trinajstić information content (AvgIpc) is 3.70. The zero-order chi connectivity index (χ0) is 34.3. The first-order valence-corrected chi connectivity index (χ1v) is 16.6. The number of nitrogens with zero attached hydrogens (tertiary/aromatic N) is 6. The fourth-order valence-electron chi connectivity index (χ4n) is 7.38. The highest BCUT2D eigenvalue weighted by Crippen LogP contribution is 2.33. The summed E-state index contributed by atoms with van der Waals surface area (Å²) in [5.41, 5.74) is 3.83. The number of urea groups is 1. The van der Waals surface area contributed by atoms with Gasteiger partial charge in [-0.2, -0.15) is 13.2 Å². The third kappa shape index (κ3) is 6.71. The van der Waals surface area contributed by atoms with E-state index in [1.807, 2.05) is 67.7 Å². The number of alkyl halides is 3. The number of fused-ring (bicyclic) bond motifs is 3. The Morgan fingerprint density at radius 1 is 1.04 bits per heavy atom. The first-order valence-electron chi connectivity index (χ1n) is 16.6. The average molecular weight is 673 g/mol. The molecule has 5 aromatic rings. The van der Waals surface area contributed by atoms with Crippen molar-refractivity contribution in [2.24, 2.45) is 5.92 Å².